The van der Waals surface area contributed by atoms with Gasteiger partial charge in [0.1, 0.15) is 0 Å². The molecule has 2 nitrogen and oxygen atoms in total. The van der Waals surface area contributed by atoms with Gasteiger partial charge in [0.25, 0.3) is 5.91 Å². The van der Waals surface area contributed by atoms with Crippen molar-refractivity contribution in [3.05, 3.63) is 35.4 Å². The van der Waals surface area contributed by atoms with Crippen LogP contribution in [0.5, 0.6) is 0 Å². The minimum absolute atomic E-state index is 0.227. The van der Waals surface area contributed by atoms with Gasteiger partial charge in [-0.2, -0.15) is 0 Å². The summed E-state index contributed by atoms with van der Waals surface area (Å²) in [6, 6.07) is 3.61. The van der Waals surface area contributed by atoms with Crippen LogP contribution >= 0.6 is 15.9 Å². The molecule has 0 aromatic heterocycles. The highest BCUT2D eigenvalue weighted by Gasteiger charge is 2.18. The minimum Gasteiger partial charge on any atom is -0.342 e. The predicted octanol–water partition coefficient (Wildman–Crippen LogP) is 3.21. The second-order valence-electron chi connectivity index (χ2n) is 3.90. The van der Waals surface area contributed by atoms with Gasteiger partial charge < -0.3 is 4.90 Å². The number of benzene rings is 1. The predicted molar refractivity (Wildman–Crippen MR) is 66.3 cm³/mol. The number of rotatable bonds is 4. The number of hydrogen-bond donors (Lipinski definition) is 0. The maximum absolute atomic E-state index is 13.4. The molecule has 17 heavy (non-hydrogen) atoms. The van der Waals surface area contributed by atoms with E-state index in [9.17, 15) is 13.6 Å². The number of amides is 1. The molecule has 0 saturated heterocycles. The Kier molecular flexibility index (Phi) is 5.05. The van der Waals surface area contributed by atoms with Crippen molar-refractivity contribution in [2.75, 3.05) is 13.6 Å². The van der Waals surface area contributed by atoms with Gasteiger partial charge in [0.2, 0.25) is 0 Å². The lowest BCUT2D eigenvalue weighted by atomic mass is 10.1. The standard InChI is InChI=1S/C12H14BrF2NO/c1-8(13)6-7-16(2)12(17)9-4-3-5-10(14)11(9)15/h3-5,8H,6-7H2,1-2H3. The van der Waals surface area contributed by atoms with E-state index in [-0.39, 0.29) is 10.4 Å². The summed E-state index contributed by atoms with van der Waals surface area (Å²) in [4.78, 5) is 13.5. The lowest BCUT2D eigenvalue weighted by Gasteiger charge is -2.18. The molecule has 1 aromatic rings. The third-order valence-corrected chi connectivity index (χ3v) is 2.85. The van der Waals surface area contributed by atoms with Gasteiger partial charge in [-0.05, 0) is 18.6 Å². The maximum atomic E-state index is 13.4. The third kappa shape index (κ3) is 3.77. The van der Waals surface area contributed by atoms with E-state index < -0.39 is 17.5 Å². The monoisotopic (exact) mass is 305 g/mol. The van der Waals surface area contributed by atoms with Crippen molar-refractivity contribution in [3.63, 3.8) is 0 Å². The molecule has 1 aromatic carbocycles. The summed E-state index contributed by atoms with van der Waals surface area (Å²) in [6.07, 6.45) is 0.749. The Morgan fingerprint density at radius 2 is 2.12 bits per heavy atom. The number of alkyl halides is 1. The Labute approximate surface area is 108 Å². The summed E-state index contributed by atoms with van der Waals surface area (Å²) in [7, 11) is 1.57. The Morgan fingerprint density at radius 1 is 1.47 bits per heavy atom. The molecular formula is C12H14BrF2NO. The third-order valence-electron chi connectivity index (χ3n) is 2.39. The summed E-state index contributed by atoms with van der Waals surface area (Å²) in [5.74, 6) is -2.59. The number of carbonyl (C=O) groups excluding carboxylic acids is 1. The number of hydrogen-bond acceptors (Lipinski definition) is 1. The number of nitrogens with zero attached hydrogens (tertiary/aromatic N) is 1. The van der Waals surface area contributed by atoms with Crippen LogP contribution in [-0.2, 0) is 0 Å². The molecule has 1 atom stereocenters. The first-order chi connectivity index (χ1) is 7.93. The summed E-state index contributed by atoms with van der Waals surface area (Å²) in [6.45, 7) is 2.45. The first-order valence-corrected chi connectivity index (χ1v) is 6.18. The second kappa shape index (κ2) is 6.10. The fourth-order valence-corrected chi connectivity index (χ4v) is 1.55. The van der Waals surface area contributed by atoms with Crippen LogP contribution in [0.3, 0.4) is 0 Å². The van der Waals surface area contributed by atoms with E-state index in [1.54, 1.807) is 7.05 Å². The molecule has 0 fully saturated rings. The topological polar surface area (TPSA) is 20.3 Å². The zero-order valence-corrected chi connectivity index (χ0v) is 11.3. The molecule has 0 heterocycles. The van der Waals surface area contributed by atoms with Crippen molar-refractivity contribution in [2.45, 2.75) is 18.2 Å². The van der Waals surface area contributed by atoms with E-state index in [1.807, 2.05) is 6.92 Å². The summed E-state index contributed by atoms with van der Waals surface area (Å²) in [5, 5.41) is 0. The zero-order chi connectivity index (χ0) is 13.0. The molecule has 0 bridgehead atoms. The quantitative estimate of drug-likeness (QED) is 0.782. The Morgan fingerprint density at radius 3 is 2.71 bits per heavy atom. The fourth-order valence-electron chi connectivity index (χ4n) is 1.35. The highest BCUT2D eigenvalue weighted by Crippen LogP contribution is 2.14. The van der Waals surface area contributed by atoms with E-state index in [1.165, 1.54) is 17.0 Å². The van der Waals surface area contributed by atoms with Gasteiger partial charge in [-0.1, -0.05) is 28.9 Å². The van der Waals surface area contributed by atoms with Crippen molar-refractivity contribution in [2.24, 2.45) is 0 Å². The summed E-state index contributed by atoms with van der Waals surface area (Å²) < 4.78 is 26.3. The lowest BCUT2D eigenvalue weighted by molar-refractivity contribution is 0.0788. The van der Waals surface area contributed by atoms with Crippen LogP contribution in [0.25, 0.3) is 0 Å². The maximum Gasteiger partial charge on any atom is 0.256 e. The summed E-state index contributed by atoms with van der Waals surface area (Å²) in [5.41, 5.74) is -0.227. The lowest BCUT2D eigenvalue weighted by Crippen LogP contribution is -2.29. The molecule has 1 amide bonds. The second-order valence-corrected chi connectivity index (χ2v) is 5.46. The van der Waals surface area contributed by atoms with Gasteiger partial charge in [-0.25, -0.2) is 8.78 Å². The van der Waals surface area contributed by atoms with Crippen LogP contribution in [0.4, 0.5) is 8.78 Å². The van der Waals surface area contributed by atoms with Gasteiger partial charge in [0, 0.05) is 18.4 Å². The molecule has 94 valence electrons. The van der Waals surface area contributed by atoms with Crippen LogP contribution in [-0.4, -0.2) is 29.2 Å². The molecule has 1 rings (SSSR count). The Balaban J connectivity index is 2.78. The van der Waals surface area contributed by atoms with Crippen LogP contribution in [0.2, 0.25) is 0 Å². The number of carbonyl (C=O) groups is 1. The summed E-state index contributed by atoms with van der Waals surface area (Å²) >= 11 is 3.36. The first kappa shape index (κ1) is 14.1. The first-order valence-electron chi connectivity index (χ1n) is 5.27. The highest BCUT2D eigenvalue weighted by molar-refractivity contribution is 9.09. The van der Waals surface area contributed by atoms with Crippen molar-refractivity contribution in [3.8, 4) is 0 Å². The fraction of sp³-hybridized carbons (Fsp3) is 0.417. The van der Waals surface area contributed by atoms with E-state index in [0.29, 0.717) is 6.54 Å². The van der Waals surface area contributed by atoms with Crippen LogP contribution < -0.4 is 0 Å². The van der Waals surface area contributed by atoms with Crippen LogP contribution in [0, 0.1) is 11.6 Å². The van der Waals surface area contributed by atoms with Crippen molar-refractivity contribution < 1.29 is 13.6 Å². The number of halogens is 3. The Bertz CT molecular complexity index is 409. The molecule has 0 aliphatic heterocycles. The molecule has 5 heteroatoms. The van der Waals surface area contributed by atoms with Crippen molar-refractivity contribution >= 4 is 21.8 Å². The molecule has 0 spiro atoms. The van der Waals surface area contributed by atoms with Gasteiger partial charge in [-0.15, -0.1) is 0 Å². The Hall–Kier alpha value is -0.970. The molecule has 0 aliphatic rings. The average molecular weight is 306 g/mol. The smallest absolute Gasteiger partial charge is 0.256 e. The van der Waals surface area contributed by atoms with E-state index >= 15 is 0 Å². The molecule has 1 unspecified atom stereocenters. The largest absolute Gasteiger partial charge is 0.342 e. The van der Waals surface area contributed by atoms with Crippen molar-refractivity contribution in [1.82, 2.24) is 4.90 Å². The van der Waals surface area contributed by atoms with E-state index in [2.05, 4.69) is 15.9 Å². The molecule has 0 N–H and O–H groups in total. The zero-order valence-electron chi connectivity index (χ0n) is 9.71. The van der Waals surface area contributed by atoms with Gasteiger partial charge in [0.15, 0.2) is 11.6 Å². The molecule has 0 saturated carbocycles. The minimum atomic E-state index is -1.09. The van der Waals surface area contributed by atoms with Gasteiger partial charge in [0.05, 0.1) is 5.56 Å². The highest BCUT2D eigenvalue weighted by atomic mass is 79.9. The molecule has 0 radical (unpaired) electrons. The van der Waals surface area contributed by atoms with Gasteiger partial charge >= 0.3 is 0 Å². The average Bonchev–Trinajstić information content (AvgIpc) is 2.28. The molecular weight excluding hydrogens is 292 g/mol. The van der Waals surface area contributed by atoms with Crippen LogP contribution in [0.15, 0.2) is 18.2 Å². The van der Waals surface area contributed by atoms with Crippen LogP contribution in [0.1, 0.15) is 23.7 Å². The van der Waals surface area contributed by atoms with Crippen molar-refractivity contribution in [1.29, 1.82) is 0 Å². The van der Waals surface area contributed by atoms with Gasteiger partial charge in [-0.3, -0.25) is 4.79 Å². The normalized spacial score (nSPS) is 12.3. The SMILES string of the molecule is CC(Br)CCN(C)C(=O)c1cccc(F)c1F. The molecule has 0 aliphatic carbocycles. The van der Waals surface area contributed by atoms with E-state index in [4.69, 9.17) is 0 Å². The van der Waals surface area contributed by atoms with E-state index in [0.717, 1.165) is 12.5 Å².